The van der Waals surface area contributed by atoms with Crippen LogP contribution in [0, 0.1) is 5.92 Å². The lowest BCUT2D eigenvalue weighted by atomic mass is 9.49. The molecular formula is C36H39N3O8. The predicted octanol–water partition coefficient (Wildman–Crippen LogP) is 2.31. The van der Waals surface area contributed by atoms with E-state index in [-0.39, 0.29) is 28.9 Å². The number of benzene rings is 2. The number of aliphatic hydroxyl groups is 1. The number of hydrogen-bond acceptors (Lipinski definition) is 11. The molecule has 1 saturated carbocycles. The normalized spacial score (nSPS) is 40.7. The first kappa shape index (κ1) is 28.2. The molecule has 4 aliphatic heterocycles. The number of nitrogens with zero attached hydrogens (tertiary/aromatic N) is 3. The van der Waals surface area contributed by atoms with Crippen molar-refractivity contribution in [2.75, 3.05) is 33.8 Å². The van der Waals surface area contributed by atoms with Crippen LogP contribution in [0.3, 0.4) is 0 Å². The molecule has 4 bridgehead atoms. The fourth-order valence-electron chi connectivity index (χ4n) is 11.3. The molecule has 2 aromatic rings. The predicted molar refractivity (Wildman–Crippen MR) is 168 cm³/mol. The van der Waals surface area contributed by atoms with Crippen molar-refractivity contribution < 1.29 is 39.2 Å². The number of carbonyl (C=O) groups is 1. The van der Waals surface area contributed by atoms with E-state index in [1.165, 1.54) is 5.56 Å². The molecule has 8 aliphatic rings. The topological polar surface area (TPSA) is 134 Å². The molecule has 4 heterocycles. The van der Waals surface area contributed by atoms with Gasteiger partial charge in [0.25, 0.3) is 0 Å². The Morgan fingerprint density at radius 2 is 1.70 bits per heavy atom. The average Bonchev–Trinajstić information content (AvgIpc) is 3.59. The van der Waals surface area contributed by atoms with E-state index in [2.05, 4.69) is 35.1 Å². The van der Waals surface area contributed by atoms with E-state index in [1.54, 1.807) is 12.1 Å². The van der Waals surface area contributed by atoms with Crippen molar-refractivity contribution >= 4 is 11.7 Å². The first-order valence-electron chi connectivity index (χ1n) is 16.9. The highest BCUT2D eigenvalue weighted by molar-refractivity contribution is 5.94. The van der Waals surface area contributed by atoms with Crippen LogP contribution in [-0.2, 0) is 38.0 Å². The Balaban J connectivity index is 0.905. The first-order chi connectivity index (χ1) is 22.7. The number of likely N-dealkylation sites (tertiary alicyclic amines) is 2. The summed E-state index contributed by atoms with van der Waals surface area (Å²) in [6.07, 6.45) is 6.40. The van der Waals surface area contributed by atoms with Gasteiger partial charge in [0, 0.05) is 34.5 Å². The van der Waals surface area contributed by atoms with Gasteiger partial charge in [-0.2, -0.15) is 0 Å². The summed E-state index contributed by atoms with van der Waals surface area (Å²) in [5.41, 5.74) is 2.70. The summed E-state index contributed by atoms with van der Waals surface area (Å²) < 4.78 is 19.0. The van der Waals surface area contributed by atoms with E-state index in [9.17, 15) is 20.1 Å². The molecule has 3 unspecified atom stereocenters. The van der Waals surface area contributed by atoms with Gasteiger partial charge in [-0.1, -0.05) is 23.4 Å². The van der Waals surface area contributed by atoms with Crippen LogP contribution in [0.5, 0.6) is 23.0 Å². The lowest BCUT2D eigenvalue weighted by Gasteiger charge is -2.62. The fraction of sp³-hybridized carbons (Fsp3) is 0.556. The molecule has 0 radical (unpaired) electrons. The van der Waals surface area contributed by atoms with Crippen molar-refractivity contribution in [2.24, 2.45) is 11.1 Å². The monoisotopic (exact) mass is 641 g/mol. The number of phenols is 2. The van der Waals surface area contributed by atoms with Crippen LogP contribution in [0.1, 0.15) is 47.9 Å². The van der Waals surface area contributed by atoms with Crippen LogP contribution in [0.15, 0.2) is 41.6 Å². The van der Waals surface area contributed by atoms with E-state index in [0.717, 1.165) is 42.6 Å². The summed E-state index contributed by atoms with van der Waals surface area (Å²) in [5.74, 6) is 0.756. The molecule has 2 aromatic carbocycles. The SMILES string of the molecule is CN1CC[C@]23c4c5ccc(O)c4O[C@H]2[C@@H](OC(=O)CON=C2CC[C@@]4(O)C6Cc7ccc(O)c8c7[C@@]4(CCN6C)[C@H]2O8)C=CC3C1C5. The third-order valence-electron chi connectivity index (χ3n) is 13.3. The molecule has 9 atom stereocenters. The zero-order valence-electron chi connectivity index (χ0n) is 26.5. The van der Waals surface area contributed by atoms with Gasteiger partial charge in [0.05, 0.1) is 16.7 Å². The maximum Gasteiger partial charge on any atom is 0.347 e. The van der Waals surface area contributed by atoms with Gasteiger partial charge >= 0.3 is 5.97 Å². The standard InChI is InChI=1S/C36H39N3O8/c1-38-13-11-34-20-5-8-25(33(34)47-30-23(40)6-3-18(28(30)34)15-22(20)38)45-27(42)17-44-37-21-9-10-36(43)26-16-19-4-7-24(41)31-29(19)35(36,32(21)46-31)12-14-39(26)2/h3-8,20,22,25-26,32-33,40-41,43H,9-17H2,1-2H3/t20?,22?,25-,26?,32-,33-,34-,35-,36+/m0/s1. The van der Waals surface area contributed by atoms with Gasteiger partial charge in [-0.25, -0.2) is 4.79 Å². The molecule has 2 spiro atoms. The molecular weight excluding hydrogens is 602 g/mol. The van der Waals surface area contributed by atoms with E-state index in [4.69, 9.17) is 19.0 Å². The van der Waals surface area contributed by atoms with Crippen LogP contribution in [0.4, 0.5) is 0 Å². The Hall–Kier alpha value is -3.80. The van der Waals surface area contributed by atoms with Gasteiger partial charge in [-0.05, 0) is 95.0 Å². The molecule has 4 aliphatic carbocycles. The van der Waals surface area contributed by atoms with Crippen molar-refractivity contribution in [1.82, 2.24) is 9.80 Å². The summed E-state index contributed by atoms with van der Waals surface area (Å²) in [6, 6.07) is 7.57. The van der Waals surface area contributed by atoms with Gasteiger partial charge in [0.15, 0.2) is 35.2 Å². The molecule has 0 aromatic heterocycles. The molecule has 0 amide bonds. The lowest BCUT2D eigenvalue weighted by Crippen LogP contribution is -2.76. The Morgan fingerprint density at radius 3 is 2.51 bits per heavy atom. The summed E-state index contributed by atoms with van der Waals surface area (Å²) in [6.45, 7) is 1.28. The van der Waals surface area contributed by atoms with E-state index in [0.29, 0.717) is 48.9 Å². The third kappa shape index (κ3) is 3.28. The summed E-state index contributed by atoms with van der Waals surface area (Å²) in [7, 11) is 4.22. The number of likely N-dealkylation sites (N-methyl/N-ethyl adjacent to an activating group) is 2. The second-order valence-corrected chi connectivity index (χ2v) is 15.0. The van der Waals surface area contributed by atoms with Gasteiger partial charge in [0.2, 0.25) is 6.61 Å². The number of hydrogen-bond donors (Lipinski definition) is 3. The molecule has 246 valence electrons. The number of rotatable bonds is 4. The van der Waals surface area contributed by atoms with Crippen LogP contribution in [0.2, 0.25) is 0 Å². The van der Waals surface area contributed by atoms with E-state index in [1.807, 2.05) is 18.2 Å². The fourth-order valence-corrected chi connectivity index (χ4v) is 11.3. The second-order valence-electron chi connectivity index (χ2n) is 15.0. The number of aromatic hydroxyl groups is 2. The highest BCUT2D eigenvalue weighted by atomic mass is 16.7. The number of ether oxygens (including phenoxy) is 3. The zero-order chi connectivity index (χ0) is 32.0. The molecule has 11 nitrogen and oxygen atoms in total. The lowest BCUT2D eigenvalue weighted by molar-refractivity contribution is -0.163. The highest BCUT2D eigenvalue weighted by Crippen LogP contribution is 2.65. The number of esters is 1. The van der Waals surface area contributed by atoms with Crippen LogP contribution in [-0.4, -0.2) is 107 Å². The van der Waals surface area contributed by atoms with Gasteiger partial charge < -0.3 is 44.2 Å². The third-order valence-corrected chi connectivity index (χ3v) is 13.3. The van der Waals surface area contributed by atoms with Crippen LogP contribution in [0.25, 0.3) is 0 Å². The van der Waals surface area contributed by atoms with Gasteiger partial charge in [-0.15, -0.1) is 0 Å². The number of phenolic OH excluding ortho intramolecular Hbond substituents is 2. The molecule has 10 rings (SSSR count). The Morgan fingerprint density at radius 1 is 0.957 bits per heavy atom. The maximum absolute atomic E-state index is 13.3. The van der Waals surface area contributed by atoms with Crippen molar-refractivity contribution in [3.05, 3.63) is 58.7 Å². The maximum atomic E-state index is 13.3. The minimum Gasteiger partial charge on any atom is -0.504 e. The van der Waals surface area contributed by atoms with Crippen molar-refractivity contribution in [3.63, 3.8) is 0 Å². The second kappa shape index (κ2) is 9.21. The van der Waals surface area contributed by atoms with E-state index < -0.39 is 41.9 Å². The number of oxime groups is 1. The Labute approximate surface area is 272 Å². The average molecular weight is 642 g/mol. The zero-order valence-corrected chi connectivity index (χ0v) is 26.5. The minimum atomic E-state index is -1.04. The van der Waals surface area contributed by atoms with Gasteiger partial charge in [-0.3, -0.25) is 0 Å². The van der Waals surface area contributed by atoms with Crippen molar-refractivity contribution in [2.45, 2.75) is 85.4 Å². The number of piperidine rings is 2. The quantitative estimate of drug-likeness (QED) is 0.260. The molecule has 3 N–H and O–H groups in total. The molecule has 47 heavy (non-hydrogen) atoms. The van der Waals surface area contributed by atoms with Crippen molar-refractivity contribution in [1.29, 1.82) is 0 Å². The van der Waals surface area contributed by atoms with Crippen molar-refractivity contribution in [3.8, 4) is 23.0 Å². The molecule has 3 fully saturated rings. The van der Waals surface area contributed by atoms with E-state index >= 15 is 0 Å². The Bertz CT molecular complexity index is 1810. The highest BCUT2D eigenvalue weighted by Gasteiger charge is 2.72. The number of carbonyl (C=O) groups excluding carboxylic acids is 1. The van der Waals surface area contributed by atoms with Crippen LogP contribution >= 0.6 is 0 Å². The molecule has 2 saturated heterocycles. The first-order valence-corrected chi connectivity index (χ1v) is 16.9. The molecule has 11 heteroatoms. The Kier molecular flexibility index (Phi) is 5.53. The summed E-state index contributed by atoms with van der Waals surface area (Å²) in [4.78, 5) is 23.6. The van der Waals surface area contributed by atoms with Crippen LogP contribution < -0.4 is 9.47 Å². The smallest absolute Gasteiger partial charge is 0.347 e. The van der Waals surface area contributed by atoms with Gasteiger partial charge in [0.1, 0.15) is 6.10 Å². The summed E-state index contributed by atoms with van der Waals surface area (Å²) in [5, 5.41) is 38.4. The largest absolute Gasteiger partial charge is 0.504 e. The summed E-state index contributed by atoms with van der Waals surface area (Å²) >= 11 is 0. The minimum absolute atomic E-state index is 0.0592.